The second-order valence-corrected chi connectivity index (χ2v) is 5.33. The molecule has 0 saturated carbocycles. The largest absolute Gasteiger partial charge is 0.365 e. The van der Waals surface area contributed by atoms with E-state index in [2.05, 4.69) is 39.0 Å². The standard InChI is InChI=1S/C16H16BrN3/c17-15-10-14(11-19)6-7-16(15)20(9-8-18)12-13-4-2-1-3-5-13/h1-7,10H,8-9,12,18H2. The first-order chi connectivity index (χ1) is 9.74. The number of rotatable bonds is 5. The van der Waals surface area contributed by atoms with Gasteiger partial charge in [0.15, 0.2) is 0 Å². The van der Waals surface area contributed by atoms with Gasteiger partial charge in [0.25, 0.3) is 0 Å². The summed E-state index contributed by atoms with van der Waals surface area (Å²) in [6, 6.07) is 18.0. The summed E-state index contributed by atoms with van der Waals surface area (Å²) in [5.41, 5.74) is 8.65. The molecule has 0 aromatic heterocycles. The lowest BCUT2D eigenvalue weighted by Crippen LogP contribution is -2.29. The van der Waals surface area contributed by atoms with Gasteiger partial charge in [-0.3, -0.25) is 0 Å². The maximum Gasteiger partial charge on any atom is 0.0992 e. The highest BCUT2D eigenvalue weighted by molar-refractivity contribution is 9.10. The van der Waals surface area contributed by atoms with E-state index in [1.165, 1.54) is 5.56 Å². The van der Waals surface area contributed by atoms with Gasteiger partial charge in [-0.2, -0.15) is 5.26 Å². The van der Waals surface area contributed by atoms with Crippen LogP contribution in [0.25, 0.3) is 0 Å². The first-order valence-corrected chi connectivity index (χ1v) is 7.22. The van der Waals surface area contributed by atoms with Crippen LogP contribution >= 0.6 is 15.9 Å². The summed E-state index contributed by atoms with van der Waals surface area (Å²) in [6.45, 7) is 2.14. The molecule has 102 valence electrons. The van der Waals surface area contributed by atoms with Crippen molar-refractivity contribution < 1.29 is 0 Å². The Bertz CT molecular complexity index is 605. The summed E-state index contributed by atoms with van der Waals surface area (Å²) in [6.07, 6.45) is 0. The third-order valence-corrected chi connectivity index (χ3v) is 3.67. The summed E-state index contributed by atoms with van der Waals surface area (Å²) in [7, 11) is 0. The minimum atomic E-state index is 0.583. The lowest BCUT2D eigenvalue weighted by atomic mass is 10.1. The number of nitriles is 1. The van der Waals surface area contributed by atoms with Crippen LogP contribution < -0.4 is 10.6 Å². The fourth-order valence-electron chi connectivity index (χ4n) is 2.08. The molecule has 2 aromatic rings. The van der Waals surface area contributed by atoms with Crippen LogP contribution in [0.1, 0.15) is 11.1 Å². The smallest absolute Gasteiger partial charge is 0.0992 e. The zero-order chi connectivity index (χ0) is 14.4. The van der Waals surface area contributed by atoms with Gasteiger partial charge in [-0.05, 0) is 39.7 Å². The number of halogens is 1. The Morgan fingerprint density at radius 2 is 1.90 bits per heavy atom. The van der Waals surface area contributed by atoms with Gasteiger partial charge in [0, 0.05) is 24.1 Å². The summed E-state index contributed by atoms with van der Waals surface area (Å²) < 4.78 is 0.918. The van der Waals surface area contributed by atoms with E-state index < -0.39 is 0 Å². The molecule has 0 aliphatic heterocycles. The van der Waals surface area contributed by atoms with Crippen LogP contribution in [0, 0.1) is 11.3 Å². The SMILES string of the molecule is N#Cc1ccc(N(CCN)Cc2ccccc2)c(Br)c1. The molecule has 0 aliphatic rings. The molecule has 0 radical (unpaired) electrons. The molecule has 0 saturated heterocycles. The molecule has 2 aromatic carbocycles. The predicted molar refractivity (Wildman–Crippen MR) is 85.4 cm³/mol. The van der Waals surface area contributed by atoms with Gasteiger partial charge < -0.3 is 10.6 Å². The number of hydrogen-bond donors (Lipinski definition) is 1. The Labute approximate surface area is 127 Å². The lowest BCUT2D eigenvalue weighted by Gasteiger charge is -2.25. The molecule has 0 unspecified atom stereocenters. The molecule has 0 spiro atoms. The summed E-state index contributed by atoms with van der Waals surface area (Å²) >= 11 is 3.54. The molecule has 0 fully saturated rings. The molecular weight excluding hydrogens is 314 g/mol. The van der Waals surface area contributed by atoms with Crippen LogP contribution in [0.3, 0.4) is 0 Å². The topological polar surface area (TPSA) is 53.0 Å². The maximum absolute atomic E-state index is 8.93. The molecule has 3 nitrogen and oxygen atoms in total. The first kappa shape index (κ1) is 14.6. The third-order valence-electron chi connectivity index (χ3n) is 3.03. The van der Waals surface area contributed by atoms with Gasteiger partial charge in [0.1, 0.15) is 0 Å². The van der Waals surface area contributed by atoms with Gasteiger partial charge in [-0.1, -0.05) is 30.3 Å². The van der Waals surface area contributed by atoms with E-state index in [4.69, 9.17) is 11.0 Å². The Balaban J connectivity index is 2.27. The average Bonchev–Trinajstić information content (AvgIpc) is 2.48. The van der Waals surface area contributed by atoms with Gasteiger partial charge in [-0.15, -0.1) is 0 Å². The van der Waals surface area contributed by atoms with Crippen molar-refractivity contribution in [3.8, 4) is 6.07 Å². The van der Waals surface area contributed by atoms with Gasteiger partial charge in [0.05, 0.1) is 17.3 Å². The molecule has 0 heterocycles. The van der Waals surface area contributed by atoms with E-state index in [1.54, 1.807) is 0 Å². The highest BCUT2D eigenvalue weighted by atomic mass is 79.9. The van der Waals surface area contributed by atoms with Crippen molar-refractivity contribution in [2.45, 2.75) is 6.54 Å². The normalized spacial score (nSPS) is 10.1. The van der Waals surface area contributed by atoms with Crippen LogP contribution in [0.2, 0.25) is 0 Å². The molecular formula is C16H16BrN3. The summed E-state index contributed by atoms with van der Waals surface area (Å²) in [5.74, 6) is 0. The molecule has 0 amide bonds. The van der Waals surface area contributed by atoms with E-state index in [0.717, 1.165) is 23.2 Å². The molecule has 0 bridgehead atoms. The van der Waals surface area contributed by atoms with Gasteiger partial charge >= 0.3 is 0 Å². The van der Waals surface area contributed by atoms with Gasteiger partial charge in [0.2, 0.25) is 0 Å². The Morgan fingerprint density at radius 3 is 2.50 bits per heavy atom. The van der Waals surface area contributed by atoms with Crippen molar-refractivity contribution in [2.24, 2.45) is 5.73 Å². The molecule has 4 heteroatoms. The second-order valence-electron chi connectivity index (χ2n) is 4.47. The van der Waals surface area contributed by atoms with Crippen molar-refractivity contribution in [3.05, 3.63) is 64.1 Å². The van der Waals surface area contributed by atoms with Crippen molar-refractivity contribution in [1.82, 2.24) is 0 Å². The zero-order valence-corrected chi connectivity index (χ0v) is 12.7. The number of nitrogens with two attached hydrogens (primary N) is 1. The van der Waals surface area contributed by atoms with Crippen molar-refractivity contribution in [2.75, 3.05) is 18.0 Å². The molecule has 2 rings (SSSR count). The number of anilines is 1. The number of hydrogen-bond acceptors (Lipinski definition) is 3. The summed E-state index contributed by atoms with van der Waals surface area (Å²) in [5, 5.41) is 8.93. The van der Waals surface area contributed by atoms with Crippen LogP contribution in [0.15, 0.2) is 53.0 Å². The Morgan fingerprint density at radius 1 is 1.15 bits per heavy atom. The van der Waals surface area contributed by atoms with Crippen molar-refractivity contribution in [3.63, 3.8) is 0 Å². The average molecular weight is 330 g/mol. The molecule has 2 N–H and O–H groups in total. The lowest BCUT2D eigenvalue weighted by molar-refractivity contribution is 0.788. The van der Waals surface area contributed by atoms with Crippen LogP contribution in [0.4, 0.5) is 5.69 Å². The van der Waals surface area contributed by atoms with Crippen LogP contribution in [-0.4, -0.2) is 13.1 Å². The highest BCUT2D eigenvalue weighted by Gasteiger charge is 2.10. The van der Waals surface area contributed by atoms with Crippen molar-refractivity contribution >= 4 is 21.6 Å². The summed E-state index contributed by atoms with van der Waals surface area (Å²) in [4.78, 5) is 2.21. The van der Waals surface area contributed by atoms with Crippen molar-refractivity contribution in [1.29, 1.82) is 5.26 Å². The van der Waals surface area contributed by atoms with E-state index in [1.807, 2.05) is 36.4 Å². The fraction of sp³-hybridized carbons (Fsp3) is 0.188. The number of benzene rings is 2. The fourth-order valence-corrected chi connectivity index (χ4v) is 2.71. The molecule has 0 atom stereocenters. The van der Waals surface area contributed by atoms with E-state index in [9.17, 15) is 0 Å². The minimum absolute atomic E-state index is 0.583. The third kappa shape index (κ3) is 3.60. The molecule has 0 aliphatic carbocycles. The Kier molecular flexibility index (Phi) is 5.16. The van der Waals surface area contributed by atoms with E-state index in [0.29, 0.717) is 12.1 Å². The predicted octanol–water partition coefficient (Wildman–Crippen LogP) is 3.29. The number of nitrogens with zero attached hydrogens (tertiary/aromatic N) is 2. The van der Waals surface area contributed by atoms with Crippen LogP contribution in [0.5, 0.6) is 0 Å². The van der Waals surface area contributed by atoms with E-state index in [-0.39, 0.29) is 0 Å². The molecule has 20 heavy (non-hydrogen) atoms. The van der Waals surface area contributed by atoms with Crippen LogP contribution in [-0.2, 0) is 6.54 Å². The monoisotopic (exact) mass is 329 g/mol. The quantitative estimate of drug-likeness (QED) is 0.915. The first-order valence-electron chi connectivity index (χ1n) is 6.43. The maximum atomic E-state index is 8.93. The Hall–Kier alpha value is -1.83. The highest BCUT2D eigenvalue weighted by Crippen LogP contribution is 2.28. The zero-order valence-electron chi connectivity index (χ0n) is 11.1. The minimum Gasteiger partial charge on any atom is -0.365 e. The van der Waals surface area contributed by atoms with Gasteiger partial charge in [-0.25, -0.2) is 0 Å². The van der Waals surface area contributed by atoms with E-state index >= 15 is 0 Å². The second kappa shape index (κ2) is 7.09.